The third kappa shape index (κ3) is 2.73. The molecule has 1 aliphatic heterocycles. The Morgan fingerprint density at radius 2 is 1.89 bits per heavy atom. The van der Waals surface area contributed by atoms with Crippen LogP contribution in [0.25, 0.3) is 0 Å². The van der Waals surface area contributed by atoms with E-state index in [-0.39, 0.29) is 0 Å². The topological polar surface area (TPSA) is 32.5 Å². The lowest BCUT2D eigenvalue weighted by atomic mass is 10.0. The molecular formula is C14H22ClN3. The molecule has 0 amide bonds. The SMILES string of the molecule is Cc1cc(N)c(Cl)cc1N1CCC(N(C)C)CC1. The van der Waals surface area contributed by atoms with Gasteiger partial charge in [0, 0.05) is 24.8 Å². The third-order valence-electron chi connectivity index (χ3n) is 3.85. The number of nitrogens with two attached hydrogens (primary N) is 1. The second kappa shape index (κ2) is 5.37. The van der Waals surface area contributed by atoms with Crippen LogP contribution in [0.5, 0.6) is 0 Å². The molecule has 100 valence electrons. The minimum absolute atomic E-state index is 0.658. The first-order valence-corrected chi connectivity index (χ1v) is 6.84. The van der Waals surface area contributed by atoms with Gasteiger partial charge in [0.25, 0.3) is 0 Å². The number of rotatable bonds is 2. The largest absolute Gasteiger partial charge is 0.398 e. The average Bonchev–Trinajstić information content (AvgIpc) is 2.34. The van der Waals surface area contributed by atoms with Crippen LogP contribution in [-0.4, -0.2) is 38.1 Å². The molecule has 3 nitrogen and oxygen atoms in total. The fourth-order valence-corrected chi connectivity index (χ4v) is 2.82. The monoisotopic (exact) mass is 267 g/mol. The molecule has 1 heterocycles. The van der Waals surface area contributed by atoms with Crippen LogP contribution < -0.4 is 10.6 Å². The van der Waals surface area contributed by atoms with Crippen molar-refractivity contribution in [1.82, 2.24) is 4.90 Å². The van der Waals surface area contributed by atoms with E-state index in [1.165, 1.54) is 24.1 Å². The predicted octanol–water partition coefficient (Wildman–Crippen LogP) is 2.76. The minimum Gasteiger partial charge on any atom is -0.398 e. The molecule has 0 bridgehead atoms. The maximum atomic E-state index is 6.12. The zero-order valence-corrected chi connectivity index (χ0v) is 12.2. The van der Waals surface area contributed by atoms with E-state index < -0.39 is 0 Å². The van der Waals surface area contributed by atoms with Crippen molar-refractivity contribution in [1.29, 1.82) is 0 Å². The summed E-state index contributed by atoms with van der Waals surface area (Å²) in [6, 6.07) is 4.67. The lowest BCUT2D eigenvalue weighted by Gasteiger charge is -2.37. The summed E-state index contributed by atoms with van der Waals surface area (Å²) in [5.41, 5.74) is 8.93. The van der Waals surface area contributed by atoms with Gasteiger partial charge >= 0.3 is 0 Å². The normalized spacial score (nSPS) is 17.5. The fourth-order valence-electron chi connectivity index (χ4n) is 2.66. The number of anilines is 2. The number of aryl methyl sites for hydroxylation is 1. The summed E-state index contributed by atoms with van der Waals surface area (Å²) in [4.78, 5) is 4.74. The van der Waals surface area contributed by atoms with Gasteiger partial charge in [0.15, 0.2) is 0 Å². The van der Waals surface area contributed by atoms with Crippen molar-refractivity contribution in [2.75, 3.05) is 37.8 Å². The summed E-state index contributed by atoms with van der Waals surface area (Å²) in [6.07, 6.45) is 2.41. The van der Waals surface area contributed by atoms with Gasteiger partial charge in [-0.15, -0.1) is 0 Å². The highest BCUT2D eigenvalue weighted by molar-refractivity contribution is 6.33. The second-order valence-electron chi connectivity index (χ2n) is 5.34. The van der Waals surface area contributed by atoms with Crippen molar-refractivity contribution >= 4 is 23.0 Å². The number of nitrogen functional groups attached to an aromatic ring is 1. The van der Waals surface area contributed by atoms with Crippen molar-refractivity contribution in [2.45, 2.75) is 25.8 Å². The lowest BCUT2D eigenvalue weighted by Crippen LogP contribution is -2.42. The van der Waals surface area contributed by atoms with E-state index in [1.807, 2.05) is 12.1 Å². The van der Waals surface area contributed by atoms with E-state index in [1.54, 1.807) is 0 Å². The first kappa shape index (κ1) is 13.5. The third-order valence-corrected chi connectivity index (χ3v) is 4.18. The molecular weight excluding hydrogens is 246 g/mol. The molecule has 1 saturated heterocycles. The summed E-state index contributed by atoms with van der Waals surface area (Å²) in [7, 11) is 4.32. The van der Waals surface area contributed by atoms with Gasteiger partial charge in [-0.25, -0.2) is 0 Å². The number of nitrogens with zero attached hydrogens (tertiary/aromatic N) is 2. The molecule has 0 saturated carbocycles. The summed E-state index contributed by atoms with van der Waals surface area (Å²) >= 11 is 6.12. The Labute approximate surface area is 115 Å². The van der Waals surface area contributed by atoms with Crippen molar-refractivity contribution in [2.24, 2.45) is 0 Å². The number of halogens is 1. The fraction of sp³-hybridized carbons (Fsp3) is 0.571. The van der Waals surface area contributed by atoms with Crippen molar-refractivity contribution in [3.05, 3.63) is 22.7 Å². The standard InChI is InChI=1S/C14H22ClN3/c1-10-8-13(16)12(15)9-14(10)18-6-4-11(5-7-18)17(2)3/h8-9,11H,4-7,16H2,1-3H3. The first-order chi connectivity index (χ1) is 8.49. The van der Waals surface area contributed by atoms with Gasteiger partial charge in [-0.3, -0.25) is 0 Å². The Balaban J connectivity index is 2.12. The van der Waals surface area contributed by atoms with E-state index in [2.05, 4.69) is 30.8 Å². The molecule has 2 N–H and O–H groups in total. The van der Waals surface area contributed by atoms with Crippen LogP contribution in [0.1, 0.15) is 18.4 Å². The molecule has 0 atom stereocenters. The summed E-state index contributed by atoms with van der Waals surface area (Å²) in [5.74, 6) is 0. The van der Waals surface area contributed by atoms with E-state index in [0.717, 1.165) is 13.1 Å². The van der Waals surface area contributed by atoms with Crippen LogP contribution in [0.4, 0.5) is 11.4 Å². The van der Waals surface area contributed by atoms with Crippen LogP contribution in [0.15, 0.2) is 12.1 Å². The van der Waals surface area contributed by atoms with E-state index >= 15 is 0 Å². The molecule has 0 spiro atoms. The van der Waals surface area contributed by atoms with Gasteiger partial charge in [0.2, 0.25) is 0 Å². The number of benzene rings is 1. The molecule has 0 unspecified atom stereocenters. The maximum absolute atomic E-state index is 6.12. The molecule has 1 fully saturated rings. The van der Waals surface area contributed by atoms with Gasteiger partial charge in [-0.2, -0.15) is 0 Å². The van der Waals surface area contributed by atoms with Crippen LogP contribution in [0.3, 0.4) is 0 Å². The molecule has 1 aromatic rings. The summed E-state index contributed by atoms with van der Waals surface area (Å²) in [6.45, 7) is 4.27. The molecule has 0 radical (unpaired) electrons. The molecule has 1 aromatic carbocycles. The highest BCUT2D eigenvalue weighted by Gasteiger charge is 2.22. The molecule has 2 rings (SSSR count). The van der Waals surface area contributed by atoms with E-state index in [9.17, 15) is 0 Å². The Bertz CT molecular complexity index is 423. The zero-order chi connectivity index (χ0) is 13.3. The van der Waals surface area contributed by atoms with E-state index in [4.69, 9.17) is 17.3 Å². The van der Waals surface area contributed by atoms with Gasteiger partial charge in [-0.1, -0.05) is 11.6 Å². The summed E-state index contributed by atoms with van der Waals surface area (Å²) < 4.78 is 0. The van der Waals surface area contributed by atoms with Crippen molar-refractivity contribution < 1.29 is 0 Å². The quantitative estimate of drug-likeness (QED) is 0.837. The van der Waals surface area contributed by atoms with Crippen LogP contribution in [-0.2, 0) is 0 Å². The molecule has 0 aliphatic carbocycles. The molecule has 4 heteroatoms. The van der Waals surface area contributed by atoms with Gasteiger partial charge in [0.1, 0.15) is 0 Å². The van der Waals surface area contributed by atoms with Gasteiger partial charge < -0.3 is 15.5 Å². The highest BCUT2D eigenvalue weighted by atomic mass is 35.5. The van der Waals surface area contributed by atoms with Gasteiger partial charge in [0.05, 0.1) is 10.7 Å². The Morgan fingerprint density at radius 1 is 1.28 bits per heavy atom. The highest BCUT2D eigenvalue weighted by Crippen LogP contribution is 2.31. The van der Waals surface area contributed by atoms with Crippen LogP contribution >= 0.6 is 11.6 Å². The van der Waals surface area contributed by atoms with E-state index in [0.29, 0.717) is 16.8 Å². The smallest absolute Gasteiger partial charge is 0.0656 e. The number of hydrogen-bond donors (Lipinski definition) is 1. The van der Waals surface area contributed by atoms with Crippen LogP contribution in [0, 0.1) is 6.92 Å². The average molecular weight is 268 g/mol. The Morgan fingerprint density at radius 3 is 2.44 bits per heavy atom. The Hall–Kier alpha value is -0.930. The molecule has 1 aliphatic rings. The van der Waals surface area contributed by atoms with Gasteiger partial charge in [-0.05, 0) is 51.6 Å². The van der Waals surface area contributed by atoms with Crippen LogP contribution in [0.2, 0.25) is 5.02 Å². The molecule has 0 aromatic heterocycles. The molecule has 18 heavy (non-hydrogen) atoms. The number of hydrogen-bond acceptors (Lipinski definition) is 3. The maximum Gasteiger partial charge on any atom is 0.0656 e. The lowest BCUT2D eigenvalue weighted by molar-refractivity contribution is 0.249. The second-order valence-corrected chi connectivity index (χ2v) is 5.75. The zero-order valence-electron chi connectivity index (χ0n) is 11.4. The van der Waals surface area contributed by atoms with Crippen molar-refractivity contribution in [3.8, 4) is 0 Å². The minimum atomic E-state index is 0.658. The van der Waals surface area contributed by atoms with Crippen molar-refractivity contribution in [3.63, 3.8) is 0 Å². The first-order valence-electron chi connectivity index (χ1n) is 6.46. The predicted molar refractivity (Wildman–Crippen MR) is 79.5 cm³/mol. The Kier molecular flexibility index (Phi) is 4.03. The number of piperidine rings is 1. The summed E-state index contributed by atoms with van der Waals surface area (Å²) in [5, 5.41) is 0.658.